The van der Waals surface area contributed by atoms with Crippen molar-refractivity contribution < 1.29 is 9.53 Å². The normalized spacial score (nSPS) is 20.9. The molecule has 2 rings (SSSR count). The molecule has 0 spiro atoms. The first-order valence-corrected chi connectivity index (χ1v) is 6.94. The maximum Gasteiger partial charge on any atom is 0.240 e. The Kier molecular flexibility index (Phi) is 4.39. The Labute approximate surface area is 119 Å². The van der Waals surface area contributed by atoms with Crippen LogP contribution in [0.15, 0.2) is 6.20 Å². The van der Waals surface area contributed by atoms with Gasteiger partial charge in [-0.2, -0.15) is 0 Å². The molecule has 1 aromatic heterocycles. The van der Waals surface area contributed by atoms with Crippen LogP contribution < -0.4 is 5.32 Å². The third-order valence-electron chi connectivity index (χ3n) is 3.63. The minimum atomic E-state index is -0.553. The lowest BCUT2D eigenvalue weighted by atomic mass is 10.0. The summed E-state index contributed by atoms with van der Waals surface area (Å²) in [7, 11) is 1.81. The van der Waals surface area contributed by atoms with Crippen molar-refractivity contribution in [3.8, 4) is 0 Å². The maximum absolute atomic E-state index is 12.5. The predicted molar refractivity (Wildman–Crippen MR) is 74.0 cm³/mol. The summed E-state index contributed by atoms with van der Waals surface area (Å²) >= 11 is 0. The van der Waals surface area contributed by atoms with E-state index >= 15 is 0 Å². The fraction of sp³-hybridized carbons (Fsp3) is 0.769. The summed E-state index contributed by atoms with van der Waals surface area (Å²) in [6.45, 7) is 8.66. The van der Waals surface area contributed by atoms with Crippen LogP contribution >= 0.6 is 0 Å². The van der Waals surface area contributed by atoms with Gasteiger partial charge in [0.1, 0.15) is 11.7 Å². The highest BCUT2D eigenvalue weighted by Crippen LogP contribution is 2.18. The summed E-state index contributed by atoms with van der Waals surface area (Å²) in [4.78, 5) is 14.6. The molecular weight excluding hydrogens is 258 g/mol. The van der Waals surface area contributed by atoms with Gasteiger partial charge < -0.3 is 10.1 Å². The van der Waals surface area contributed by atoms with Crippen molar-refractivity contribution in [2.45, 2.75) is 32.4 Å². The molecule has 1 unspecified atom stereocenters. The van der Waals surface area contributed by atoms with Crippen LogP contribution in [-0.4, -0.2) is 58.1 Å². The smallest absolute Gasteiger partial charge is 0.240 e. The van der Waals surface area contributed by atoms with Crippen molar-refractivity contribution in [1.29, 1.82) is 0 Å². The molecule has 0 aromatic carbocycles. The summed E-state index contributed by atoms with van der Waals surface area (Å²) in [6.07, 6.45) is 1.81. The van der Waals surface area contributed by atoms with E-state index in [0.717, 1.165) is 18.8 Å². The molecule has 1 saturated heterocycles. The largest absolute Gasteiger partial charge is 0.378 e. The molecule has 1 aliphatic rings. The molecule has 1 N–H and O–H groups in total. The van der Waals surface area contributed by atoms with Gasteiger partial charge in [0, 0.05) is 13.6 Å². The highest BCUT2D eigenvalue weighted by atomic mass is 16.5. The van der Waals surface area contributed by atoms with E-state index < -0.39 is 5.54 Å². The molecule has 0 radical (unpaired) electrons. The van der Waals surface area contributed by atoms with Crippen LogP contribution in [0.3, 0.4) is 0 Å². The first-order valence-electron chi connectivity index (χ1n) is 6.94. The number of rotatable bonds is 4. The van der Waals surface area contributed by atoms with Crippen molar-refractivity contribution in [3.05, 3.63) is 11.9 Å². The number of hydrogen-bond acceptors (Lipinski definition) is 5. The zero-order valence-corrected chi connectivity index (χ0v) is 12.6. The quantitative estimate of drug-likeness (QED) is 0.833. The Bertz CT molecular complexity index is 471. The van der Waals surface area contributed by atoms with Crippen LogP contribution in [0.5, 0.6) is 0 Å². The molecule has 7 nitrogen and oxygen atoms in total. The van der Waals surface area contributed by atoms with E-state index in [9.17, 15) is 4.79 Å². The molecule has 1 atom stereocenters. The molecule has 1 aliphatic heterocycles. The molecule has 2 heterocycles. The highest BCUT2D eigenvalue weighted by molar-refractivity contribution is 5.82. The molecule has 0 aliphatic carbocycles. The fourth-order valence-corrected chi connectivity index (χ4v) is 2.35. The zero-order valence-electron chi connectivity index (χ0n) is 12.6. The van der Waals surface area contributed by atoms with E-state index in [4.69, 9.17) is 4.74 Å². The van der Waals surface area contributed by atoms with E-state index in [1.165, 1.54) is 0 Å². The van der Waals surface area contributed by atoms with E-state index in [2.05, 4.69) is 27.5 Å². The van der Waals surface area contributed by atoms with Crippen molar-refractivity contribution in [2.24, 2.45) is 7.05 Å². The number of ether oxygens (including phenoxy) is 1. The van der Waals surface area contributed by atoms with Gasteiger partial charge in [-0.15, -0.1) is 5.10 Å². The van der Waals surface area contributed by atoms with Crippen LogP contribution in [-0.2, 0) is 22.1 Å². The van der Waals surface area contributed by atoms with Gasteiger partial charge in [0.15, 0.2) is 0 Å². The van der Waals surface area contributed by atoms with Gasteiger partial charge in [0.05, 0.1) is 24.9 Å². The van der Waals surface area contributed by atoms with Gasteiger partial charge in [0.2, 0.25) is 5.91 Å². The Morgan fingerprint density at radius 1 is 1.60 bits per heavy atom. The Hall–Kier alpha value is -1.47. The average molecular weight is 281 g/mol. The Morgan fingerprint density at radius 3 is 2.95 bits per heavy atom. The van der Waals surface area contributed by atoms with E-state index in [-0.39, 0.29) is 11.9 Å². The number of nitrogens with zero attached hydrogens (tertiary/aromatic N) is 4. The topological polar surface area (TPSA) is 72.3 Å². The SMILES string of the molecule is CCN1CCOCC1C(=O)NC(C)(C)c1cn(C)nn1. The van der Waals surface area contributed by atoms with Gasteiger partial charge in [0.25, 0.3) is 0 Å². The van der Waals surface area contributed by atoms with Crippen LogP contribution in [0.2, 0.25) is 0 Å². The number of carbonyl (C=O) groups is 1. The van der Waals surface area contributed by atoms with Crippen molar-refractivity contribution in [1.82, 2.24) is 25.2 Å². The number of hydrogen-bond donors (Lipinski definition) is 1. The maximum atomic E-state index is 12.5. The van der Waals surface area contributed by atoms with Gasteiger partial charge in [-0.25, -0.2) is 0 Å². The first-order chi connectivity index (χ1) is 9.44. The van der Waals surface area contributed by atoms with Crippen LogP contribution in [0, 0.1) is 0 Å². The number of amides is 1. The molecule has 0 bridgehead atoms. The lowest BCUT2D eigenvalue weighted by Gasteiger charge is -2.35. The van der Waals surface area contributed by atoms with Crippen molar-refractivity contribution in [3.63, 3.8) is 0 Å². The molecule has 1 fully saturated rings. The fourth-order valence-electron chi connectivity index (χ4n) is 2.35. The second kappa shape index (κ2) is 5.88. The molecule has 0 saturated carbocycles. The minimum absolute atomic E-state index is 0.0257. The molecule has 1 aromatic rings. The number of carbonyl (C=O) groups excluding carboxylic acids is 1. The predicted octanol–water partition coefficient (Wildman–Crippen LogP) is -0.113. The summed E-state index contributed by atoms with van der Waals surface area (Å²) < 4.78 is 7.06. The zero-order chi connectivity index (χ0) is 14.8. The van der Waals surface area contributed by atoms with E-state index in [0.29, 0.717) is 13.2 Å². The number of likely N-dealkylation sites (N-methyl/N-ethyl adjacent to an activating group) is 1. The van der Waals surface area contributed by atoms with Crippen LogP contribution in [0.1, 0.15) is 26.5 Å². The second-order valence-electron chi connectivity index (χ2n) is 5.61. The van der Waals surface area contributed by atoms with Crippen LogP contribution in [0.4, 0.5) is 0 Å². The molecule has 7 heteroatoms. The second-order valence-corrected chi connectivity index (χ2v) is 5.61. The average Bonchev–Trinajstić information content (AvgIpc) is 2.85. The lowest BCUT2D eigenvalue weighted by molar-refractivity contribution is -0.134. The van der Waals surface area contributed by atoms with Crippen LogP contribution in [0.25, 0.3) is 0 Å². The minimum Gasteiger partial charge on any atom is -0.378 e. The summed E-state index contributed by atoms with van der Waals surface area (Å²) in [5.74, 6) is -0.0257. The first kappa shape index (κ1) is 14.9. The Morgan fingerprint density at radius 2 is 2.35 bits per heavy atom. The van der Waals surface area contributed by atoms with E-state index in [1.807, 2.05) is 27.1 Å². The third kappa shape index (κ3) is 3.16. The standard InChI is InChI=1S/C13H23N5O2/c1-5-18-6-7-20-9-10(18)12(19)14-13(2,3)11-8-17(4)16-15-11/h8,10H,5-7,9H2,1-4H3,(H,14,19). The van der Waals surface area contributed by atoms with Gasteiger partial charge in [-0.1, -0.05) is 12.1 Å². The summed E-state index contributed by atoms with van der Waals surface area (Å²) in [5, 5.41) is 11.0. The summed E-state index contributed by atoms with van der Waals surface area (Å²) in [6, 6.07) is -0.232. The number of aromatic nitrogens is 3. The van der Waals surface area contributed by atoms with Crippen molar-refractivity contribution >= 4 is 5.91 Å². The van der Waals surface area contributed by atoms with Gasteiger partial charge in [-0.3, -0.25) is 14.4 Å². The molecular formula is C13H23N5O2. The Balaban J connectivity index is 2.06. The third-order valence-corrected chi connectivity index (χ3v) is 3.63. The van der Waals surface area contributed by atoms with Crippen molar-refractivity contribution in [2.75, 3.05) is 26.3 Å². The lowest BCUT2D eigenvalue weighted by Crippen LogP contribution is -2.56. The molecule has 1 amide bonds. The summed E-state index contributed by atoms with van der Waals surface area (Å²) in [5.41, 5.74) is 0.190. The molecule has 20 heavy (non-hydrogen) atoms. The highest BCUT2D eigenvalue weighted by Gasteiger charge is 2.33. The monoisotopic (exact) mass is 281 g/mol. The van der Waals surface area contributed by atoms with Gasteiger partial charge in [-0.05, 0) is 20.4 Å². The van der Waals surface area contributed by atoms with E-state index in [1.54, 1.807) is 4.68 Å². The number of aryl methyl sites for hydroxylation is 1. The molecule has 112 valence electrons. The number of morpholine rings is 1. The van der Waals surface area contributed by atoms with Gasteiger partial charge >= 0.3 is 0 Å². The number of nitrogens with one attached hydrogen (secondary N) is 1.